The van der Waals surface area contributed by atoms with Gasteiger partial charge in [-0.15, -0.1) is 0 Å². The molecule has 0 spiro atoms. The Bertz CT molecular complexity index is 319. The van der Waals surface area contributed by atoms with Crippen molar-refractivity contribution in [1.29, 1.82) is 0 Å². The third-order valence-corrected chi connectivity index (χ3v) is 2.10. The maximum Gasteiger partial charge on any atom is 0.289 e. The van der Waals surface area contributed by atoms with Crippen molar-refractivity contribution >= 4 is 32.6 Å². The van der Waals surface area contributed by atoms with Crippen LogP contribution in [0.4, 0.5) is 8.78 Å². The van der Waals surface area contributed by atoms with Crippen molar-refractivity contribution in [2.45, 2.75) is 0 Å². The molecule has 0 saturated heterocycles. The Labute approximate surface area is 82.0 Å². The van der Waals surface area contributed by atoms with Crippen LogP contribution < -0.4 is 0 Å². The quantitative estimate of drug-likeness (QED) is 0.702. The molecule has 0 aromatic heterocycles. The van der Waals surface area contributed by atoms with E-state index < -0.39 is 11.1 Å². The van der Waals surface area contributed by atoms with Gasteiger partial charge in [-0.3, -0.25) is 0 Å². The van der Waals surface area contributed by atoms with E-state index in [0.717, 1.165) is 4.47 Å². The summed E-state index contributed by atoms with van der Waals surface area (Å²) in [7, 11) is 0. The minimum absolute atomic E-state index is 0.311. The van der Waals surface area contributed by atoms with Crippen LogP contribution in [-0.2, 0) is 0 Å². The second-order valence-electron chi connectivity index (χ2n) is 2.08. The highest BCUT2D eigenvalue weighted by molar-refractivity contribution is 9.10. The second kappa shape index (κ2) is 4.01. The van der Waals surface area contributed by atoms with Crippen molar-refractivity contribution in [3.8, 4) is 0 Å². The molecule has 1 aromatic rings. The third-order valence-electron chi connectivity index (χ3n) is 1.24. The van der Waals surface area contributed by atoms with Crippen LogP contribution in [0, 0.1) is 0 Å². The summed E-state index contributed by atoms with van der Waals surface area (Å²) in [4.78, 5) is 0. The van der Waals surface area contributed by atoms with Crippen molar-refractivity contribution in [2.24, 2.45) is 0 Å². The molecule has 0 aliphatic heterocycles. The third kappa shape index (κ3) is 2.29. The lowest BCUT2D eigenvalue weighted by molar-refractivity contribution is 0.428. The summed E-state index contributed by atoms with van der Waals surface area (Å²) >= 11 is 8.48. The van der Waals surface area contributed by atoms with Crippen LogP contribution >= 0.6 is 27.5 Å². The molecule has 0 amide bonds. The molecular formula is C8H4BrClF2. The molecule has 12 heavy (non-hydrogen) atoms. The Kier molecular flexibility index (Phi) is 3.23. The van der Waals surface area contributed by atoms with Gasteiger partial charge in [-0.1, -0.05) is 39.7 Å². The summed E-state index contributed by atoms with van der Waals surface area (Å²) in [6.45, 7) is 0. The molecule has 1 rings (SSSR count). The highest BCUT2D eigenvalue weighted by Crippen LogP contribution is 2.26. The molecule has 0 radical (unpaired) electrons. The highest BCUT2D eigenvalue weighted by Gasteiger charge is 2.05. The zero-order valence-corrected chi connectivity index (χ0v) is 8.16. The summed E-state index contributed by atoms with van der Waals surface area (Å²) in [5.41, 5.74) is 0.311. The van der Waals surface area contributed by atoms with Crippen LogP contribution in [0.15, 0.2) is 34.8 Å². The van der Waals surface area contributed by atoms with E-state index in [-0.39, 0.29) is 0 Å². The van der Waals surface area contributed by atoms with E-state index in [0.29, 0.717) is 5.56 Å². The molecule has 64 valence electrons. The van der Waals surface area contributed by atoms with E-state index in [4.69, 9.17) is 11.6 Å². The molecular weight excluding hydrogens is 249 g/mol. The van der Waals surface area contributed by atoms with Crippen molar-refractivity contribution in [1.82, 2.24) is 0 Å². The second-order valence-corrected chi connectivity index (χ2v) is 3.38. The van der Waals surface area contributed by atoms with Crippen molar-refractivity contribution in [3.05, 3.63) is 40.4 Å². The number of hydrogen-bond donors (Lipinski definition) is 0. The van der Waals surface area contributed by atoms with E-state index in [9.17, 15) is 8.78 Å². The number of benzene rings is 1. The molecule has 0 aliphatic rings. The van der Waals surface area contributed by atoms with Crippen LogP contribution in [0.3, 0.4) is 0 Å². The molecule has 0 atom stereocenters. The predicted molar refractivity (Wildman–Crippen MR) is 49.1 cm³/mol. The van der Waals surface area contributed by atoms with Gasteiger partial charge < -0.3 is 0 Å². The van der Waals surface area contributed by atoms with Gasteiger partial charge in [0.15, 0.2) is 0 Å². The first-order chi connectivity index (χ1) is 5.61. The van der Waals surface area contributed by atoms with E-state index in [1.807, 2.05) is 0 Å². The van der Waals surface area contributed by atoms with Crippen LogP contribution in [0.5, 0.6) is 0 Å². The zero-order valence-electron chi connectivity index (χ0n) is 5.82. The minimum Gasteiger partial charge on any atom is -0.172 e. The summed E-state index contributed by atoms with van der Waals surface area (Å²) in [6, 6.07) is 6.43. The van der Waals surface area contributed by atoms with Crippen LogP contribution in [0.1, 0.15) is 5.56 Å². The average Bonchev–Trinajstić information content (AvgIpc) is 2.03. The van der Waals surface area contributed by atoms with Gasteiger partial charge in [-0.05, 0) is 17.7 Å². The van der Waals surface area contributed by atoms with Crippen LogP contribution in [0.2, 0.25) is 0 Å². The Morgan fingerprint density at radius 3 is 2.50 bits per heavy atom. The highest BCUT2D eigenvalue weighted by atomic mass is 79.9. The maximum absolute atomic E-state index is 12.0. The van der Waals surface area contributed by atoms with Gasteiger partial charge in [0.05, 0.1) is 0 Å². The van der Waals surface area contributed by atoms with Gasteiger partial charge in [0.25, 0.3) is 6.08 Å². The maximum atomic E-state index is 12.0. The SMILES string of the molecule is FC(F)=C(Cl)c1cccc(Br)c1. The average molecular weight is 253 g/mol. The predicted octanol–water partition coefficient (Wildman–Crippen LogP) is 4.25. The van der Waals surface area contributed by atoms with Crippen molar-refractivity contribution in [2.75, 3.05) is 0 Å². The topological polar surface area (TPSA) is 0 Å². The Balaban J connectivity index is 3.13. The first kappa shape index (κ1) is 9.68. The number of hydrogen-bond acceptors (Lipinski definition) is 0. The normalized spacial score (nSPS) is 9.67. The summed E-state index contributed by atoms with van der Waals surface area (Å²) in [5, 5.41) is -0.503. The minimum atomic E-state index is -1.87. The molecule has 0 unspecified atom stereocenters. The van der Waals surface area contributed by atoms with Crippen molar-refractivity contribution in [3.63, 3.8) is 0 Å². The molecule has 4 heteroatoms. The Hall–Kier alpha value is -0.410. The largest absolute Gasteiger partial charge is 0.289 e. The first-order valence-electron chi connectivity index (χ1n) is 3.08. The summed E-state index contributed by atoms with van der Waals surface area (Å²) in [6.07, 6.45) is -1.87. The molecule has 0 fully saturated rings. The van der Waals surface area contributed by atoms with Gasteiger partial charge in [0.2, 0.25) is 0 Å². The lowest BCUT2D eigenvalue weighted by Gasteiger charge is -1.97. The lowest BCUT2D eigenvalue weighted by atomic mass is 10.2. The van der Waals surface area contributed by atoms with E-state index in [1.54, 1.807) is 12.1 Å². The monoisotopic (exact) mass is 252 g/mol. The fourth-order valence-electron chi connectivity index (χ4n) is 0.734. The van der Waals surface area contributed by atoms with E-state index in [1.165, 1.54) is 12.1 Å². The molecule has 0 aliphatic carbocycles. The standard InChI is InChI=1S/C8H4BrClF2/c9-6-3-1-2-5(4-6)7(10)8(11)12/h1-4H. The Morgan fingerprint density at radius 2 is 2.00 bits per heavy atom. The smallest absolute Gasteiger partial charge is 0.172 e. The molecule has 0 saturated carbocycles. The molecule has 0 heterocycles. The number of halogens is 4. The summed E-state index contributed by atoms with van der Waals surface area (Å²) in [5.74, 6) is 0. The van der Waals surface area contributed by atoms with Crippen LogP contribution in [0.25, 0.3) is 5.03 Å². The summed E-state index contributed by atoms with van der Waals surface area (Å²) < 4.78 is 24.7. The fraction of sp³-hybridized carbons (Fsp3) is 0. The Morgan fingerprint density at radius 1 is 1.33 bits per heavy atom. The molecule has 1 aromatic carbocycles. The molecule has 0 nitrogen and oxygen atoms in total. The van der Waals surface area contributed by atoms with E-state index in [2.05, 4.69) is 15.9 Å². The first-order valence-corrected chi connectivity index (χ1v) is 4.25. The van der Waals surface area contributed by atoms with Gasteiger partial charge in [0.1, 0.15) is 5.03 Å². The van der Waals surface area contributed by atoms with Gasteiger partial charge in [0, 0.05) is 4.47 Å². The fourth-order valence-corrected chi connectivity index (χ4v) is 1.25. The van der Waals surface area contributed by atoms with Crippen molar-refractivity contribution < 1.29 is 8.78 Å². The lowest BCUT2D eigenvalue weighted by Crippen LogP contribution is -1.77. The zero-order chi connectivity index (χ0) is 9.14. The number of rotatable bonds is 1. The van der Waals surface area contributed by atoms with Gasteiger partial charge >= 0.3 is 0 Å². The molecule has 0 bridgehead atoms. The van der Waals surface area contributed by atoms with Gasteiger partial charge in [-0.2, -0.15) is 8.78 Å². The van der Waals surface area contributed by atoms with Crippen LogP contribution in [-0.4, -0.2) is 0 Å². The molecule has 0 N–H and O–H groups in total. The van der Waals surface area contributed by atoms with Gasteiger partial charge in [-0.25, -0.2) is 0 Å². The van der Waals surface area contributed by atoms with E-state index >= 15 is 0 Å².